The molecule has 0 N–H and O–H groups in total. The van der Waals surface area contributed by atoms with Gasteiger partial charge in [0.25, 0.3) is 0 Å². The fourth-order valence-corrected chi connectivity index (χ4v) is 5.78. The molecule has 0 amide bonds. The molecule has 0 spiro atoms. The maximum Gasteiger partial charge on any atom is 0.237 e. The highest BCUT2D eigenvalue weighted by molar-refractivity contribution is 5.71. The van der Waals surface area contributed by atoms with Crippen LogP contribution in [-0.4, -0.2) is 45.8 Å². The summed E-state index contributed by atoms with van der Waals surface area (Å²) in [6.07, 6.45) is 12.3. The number of hydrogen-bond donors (Lipinski definition) is 0. The minimum Gasteiger partial charge on any atom is -0.342 e. The minimum absolute atomic E-state index is 0.185. The molecular formula is C27H25N9. The molecule has 2 aliphatic heterocycles. The third-order valence-electron chi connectivity index (χ3n) is 7.52. The largest absolute Gasteiger partial charge is 0.342 e. The number of hydrogen-bond acceptors (Lipinski definition) is 7. The number of aromatic nitrogens is 8. The van der Waals surface area contributed by atoms with E-state index < -0.39 is 0 Å². The van der Waals surface area contributed by atoms with Gasteiger partial charge in [0.05, 0.1) is 6.20 Å². The van der Waals surface area contributed by atoms with Crippen LogP contribution in [0.1, 0.15) is 37.8 Å². The van der Waals surface area contributed by atoms with Crippen molar-refractivity contribution in [2.45, 2.75) is 38.6 Å². The Bertz CT molecular complexity index is 1590. The predicted octanol–water partition coefficient (Wildman–Crippen LogP) is 4.50. The first-order chi connectivity index (χ1) is 17.7. The SMILES string of the molecule is CC[C@@]12CCCN1c1nc(-n3ccnc3-c3cccc(-c4cccnc4)c3)ncc1-n1c(C)nnc12. The molecule has 9 nitrogen and oxygen atoms in total. The second kappa shape index (κ2) is 7.81. The van der Waals surface area contributed by atoms with Gasteiger partial charge in [0, 0.05) is 42.5 Å². The number of fused-ring (bicyclic) bond motifs is 6. The molecule has 5 aromatic rings. The first-order valence-corrected chi connectivity index (χ1v) is 12.3. The van der Waals surface area contributed by atoms with Gasteiger partial charge in [-0.2, -0.15) is 4.98 Å². The molecule has 0 saturated carbocycles. The van der Waals surface area contributed by atoms with Gasteiger partial charge in [0.15, 0.2) is 11.6 Å². The van der Waals surface area contributed by atoms with Crippen molar-refractivity contribution in [3.05, 3.63) is 79.0 Å². The standard InChI is InChI=1S/C27H25N9/c1-3-27-10-6-13-35(27)24-22(36-18(2)32-33-25(27)36)17-30-26(31-24)34-14-12-29-23(34)20-8-4-7-19(15-20)21-9-5-11-28-16-21/h4-5,7-9,11-12,14-17H,3,6,10,13H2,1-2H3/t27-/m0/s1. The summed E-state index contributed by atoms with van der Waals surface area (Å²) >= 11 is 0. The Hall–Kier alpha value is -4.40. The summed E-state index contributed by atoms with van der Waals surface area (Å²) in [4.78, 5) is 21.3. The summed E-state index contributed by atoms with van der Waals surface area (Å²) in [6, 6.07) is 12.3. The van der Waals surface area contributed by atoms with Crippen molar-refractivity contribution in [1.29, 1.82) is 0 Å². The van der Waals surface area contributed by atoms with E-state index in [0.717, 1.165) is 71.5 Å². The Morgan fingerprint density at radius 1 is 0.972 bits per heavy atom. The zero-order valence-electron chi connectivity index (χ0n) is 20.2. The molecule has 1 saturated heterocycles. The van der Waals surface area contributed by atoms with Gasteiger partial charge in [-0.1, -0.05) is 31.2 Å². The lowest BCUT2D eigenvalue weighted by molar-refractivity contribution is 0.381. The summed E-state index contributed by atoms with van der Waals surface area (Å²) < 4.78 is 4.09. The van der Waals surface area contributed by atoms with E-state index in [4.69, 9.17) is 9.97 Å². The highest BCUT2D eigenvalue weighted by atomic mass is 15.4. The molecular weight excluding hydrogens is 450 g/mol. The normalized spacial score (nSPS) is 18.1. The van der Waals surface area contributed by atoms with Crippen molar-refractivity contribution < 1.29 is 0 Å². The van der Waals surface area contributed by atoms with E-state index in [2.05, 4.69) is 60.8 Å². The van der Waals surface area contributed by atoms with Crippen LogP contribution in [0.4, 0.5) is 5.82 Å². The molecule has 1 atom stereocenters. The second-order valence-electron chi connectivity index (χ2n) is 9.37. The van der Waals surface area contributed by atoms with Crippen molar-refractivity contribution >= 4 is 5.82 Å². The lowest BCUT2D eigenvalue weighted by atomic mass is 9.90. The molecule has 1 fully saturated rings. The number of benzene rings is 1. The molecule has 0 radical (unpaired) electrons. The number of pyridine rings is 1. The zero-order chi connectivity index (χ0) is 24.3. The Kier molecular flexibility index (Phi) is 4.54. The highest BCUT2D eigenvalue weighted by Crippen LogP contribution is 2.49. The lowest BCUT2D eigenvalue weighted by Crippen LogP contribution is -2.47. The quantitative estimate of drug-likeness (QED) is 0.378. The van der Waals surface area contributed by atoms with Crippen LogP contribution in [0.15, 0.2) is 67.4 Å². The molecule has 0 unspecified atom stereocenters. The van der Waals surface area contributed by atoms with Crippen LogP contribution in [0.3, 0.4) is 0 Å². The summed E-state index contributed by atoms with van der Waals surface area (Å²) in [5, 5.41) is 9.02. The molecule has 9 heteroatoms. The van der Waals surface area contributed by atoms with Gasteiger partial charge in [-0.05, 0) is 43.9 Å². The molecule has 2 aliphatic rings. The number of rotatable bonds is 4. The maximum absolute atomic E-state index is 5.13. The first kappa shape index (κ1) is 20.9. The van der Waals surface area contributed by atoms with Gasteiger partial charge >= 0.3 is 0 Å². The second-order valence-corrected chi connectivity index (χ2v) is 9.37. The van der Waals surface area contributed by atoms with Crippen LogP contribution in [0, 0.1) is 6.92 Å². The summed E-state index contributed by atoms with van der Waals surface area (Å²) in [7, 11) is 0. The summed E-state index contributed by atoms with van der Waals surface area (Å²) in [5.74, 6) is 4.18. The first-order valence-electron chi connectivity index (χ1n) is 12.3. The molecule has 4 aromatic heterocycles. The molecule has 1 aromatic carbocycles. The van der Waals surface area contributed by atoms with Gasteiger partial charge < -0.3 is 4.90 Å². The summed E-state index contributed by atoms with van der Waals surface area (Å²) in [5.41, 5.74) is 3.89. The molecule has 178 valence electrons. The number of aryl methyl sites for hydroxylation is 1. The van der Waals surface area contributed by atoms with Crippen LogP contribution in [0.2, 0.25) is 0 Å². The Balaban J connectivity index is 1.36. The van der Waals surface area contributed by atoms with E-state index in [0.29, 0.717) is 5.95 Å². The van der Waals surface area contributed by atoms with Crippen molar-refractivity contribution in [2.24, 2.45) is 0 Å². The Morgan fingerprint density at radius 2 is 1.86 bits per heavy atom. The van der Waals surface area contributed by atoms with Crippen molar-refractivity contribution in [3.63, 3.8) is 0 Å². The highest BCUT2D eigenvalue weighted by Gasteiger charge is 2.50. The average molecular weight is 476 g/mol. The van der Waals surface area contributed by atoms with E-state index in [-0.39, 0.29) is 5.54 Å². The van der Waals surface area contributed by atoms with Gasteiger partial charge in [0.2, 0.25) is 5.95 Å². The average Bonchev–Trinajstić information content (AvgIpc) is 3.68. The molecule has 0 aliphatic carbocycles. The topological polar surface area (TPSA) is 90.4 Å². The van der Waals surface area contributed by atoms with Crippen LogP contribution in [0.25, 0.3) is 34.2 Å². The van der Waals surface area contributed by atoms with Gasteiger partial charge in [-0.25, -0.2) is 9.97 Å². The lowest BCUT2D eigenvalue weighted by Gasteiger charge is -2.42. The van der Waals surface area contributed by atoms with Crippen LogP contribution in [0.5, 0.6) is 0 Å². The van der Waals surface area contributed by atoms with Crippen molar-refractivity contribution in [2.75, 3.05) is 11.4 Å². The third-order valence-corrected chi connectivity index (χ3v) is 7.52. The van der Waals surface area contributed by atoms with Gasteiger partial charge in [-0.15, -0.1) is 10.2 Å². The Labute approximate surface area is 208 Å². The van der Waals surface area contributed by atoms with E-state index in [1.54, 1.807) is 12.4 Å². The van der Waals surface area contributed by atoms with Crippen molar-refractivity contribution in [1.82, 2.24) is 39.3 Å². The van der Waals surface area contributed by atoms with E-state index >= 15 is 0 Å². The number of nitrogens with zero attached hydrogens (tertiary/aromatic N) is 9. The number of imidazole rings is 1. The van der Waals surface area contributed by atoms with Crippen LogP contribution in [-0.2, 0) is 5.54 Å². The number of anilines is 1. The summed E-state index contributed by atoms with van der Waals surface area (Å²) in [6.45, 7) is 5.15. The molecule has 7 rings (SSSR count). The monoisotopic (exact) mass is 475 g/mol. The van der Waals surface area contributed by atoms with Gasteiger partial charge in [-0.3, -0.25) is 14.1 Å². The van der Waals surface area contributed by atoms with E-state index in [1.165, 1.54) is 0 Å². The van der Waals surface area contributed by atoms with Crippen molar-refractivity contribution in [3.8, 4) is 34.2 Å². The maximum atomic E-state index is 5.13. The van der Waals surface area contributed by atoms with E-state index in [9.17, 15) is 0 Å². The molecule has 6 heterocycles. The predicted molar refractivity (Wildman–Crippen MR) is 136 cm³/mol. The molecule has 0 bridgehead atoms. The smallest absolute Gasteiger partial charge is 0.237 e. The fraction of sp³-hybridized carbons (Fsp3) is 0.259. The molecule has 36 heavy (non-hydrogen) atoms. The fourth-order valence-electron chi connectivity index (χ4n) is 5.78. The van der Waals surface area contributed by atoms with Gasteiger partial charge in [0.1, 0.15) is 22.9 Å². The van der Waals surface area contributed by atoms with Crippen LogP contribution >= 0.6 is 0 Å². The van der Waals surface area contributed by atoms with E-state index in [1.807, 2.05) is 42.2 Å². The minimum atomic E-state index is -0.185. The third kappa shape index (κ3) is 2.89. The Morgan fingerprint density at radius 3 is 2.72 bits per heavy atom. The zero-order valence-corrected chi connectivity index (χ0v) is 20.2. The van der Waals surface area contributed by atoms with Crippen LogP contribution < -0.4 is 4.90 Å².